The van der Waals surface area contributed by atoms with Gasteiger partial charge in [0.25, 0.3) is 0 Å². The molecule has 249 valence electrons. The van der Waals surface area contributed by atoms with Crippen LogP contribution >= 0.6 is 0 Å². The van der Waals surface area contributed by atoms with Crippen LogP contribution < -0.4 is 0 Å². The molecule has 2 atom stereocenters. The van der Waals surface area contributed by atoms with Crippen LogP contribution in [0.5, 0.6) is 0 Å². The molecule has 48 heavy (non-hydrogen) atoms. The van der Waals surface area contributed by atoms with Crippen molar-refractivity contribution >= 4 is 18.1 Å². The first kappa shape index (κ1) is 35.3. The molecule has 0 heterocycles. The second-order valence-corrected chi connectivity index (χ2v) is 45.3. The van der Waals surface area contributed by atoms with Crippen molar-refractivity contribution in [3.8, 4) is 22.3 Å². The molecule has 0 aliphatic heterocycles. The Labute approximate surface area is 300 Å². The Kier molecular flexibility index (Phi) is 9.77. The number of fused-ring (bicyclic) bond motifs is 2. The number of allylic oxidation sites excluding steroid dienone is 2. The van der Waals surface area contributed by atoms with Crippen LogP contribution in [0.2, 0.25) is 13.1 Å². The van der Waals surface area contributed by atoms with E-state index in [4.69, 9.17) is 0 Å². The second kappa shape index (κ2) is 13.3. The Morgan fingerprint density at radius 3 is 1.19 bits per heavy atom. The van der Waals surface area contributed by atoms with Gasteiger partial charge in [-0.1, -0.05) is 0 Å². The SMILES string of the molecule is CC(C)c1ccccc1-c1cccc2c1C=C(C(C)(C)C)[CH]2[Hf]([CH]1C(C(C)(C)C)=Cc2c(-c3ccccc3C(C)C)cccc21)[SiH](C)C. The van der Waals surface area contributed by atoms with Crippen LogP contribution in [0.1, 0.15) is 122 Å². The van der Waals surface area contributed by atoms with Crippen LogP contribution in [0.3, 0.4) is 0 Å². The normalized spacial score (nSPS) is 17.6. The Bertz CT molecular complexity index is 1750. The van der Waals surface area contributed by atoms with Crippen molar-refractivity contribution in [2.45, 2.75) is 102 Å². The standard InChI is InChI=1S/2C22H25.C2H7Si.Hf/c2*1-15(2)18-10-6-7-11-19(18)20-12-8-9-16-13-17(14-21(16)20)22(3,4)5;1-3-2;/h2*6-15H,1-5H3;3H,1-2H3;. The summed E-state index contributed by atoms with van der Waals surface area (Å²) in [6.45, 7) is 29.7. The van der Waals surface area contributed by atoms with Crippen molar-refractivity contribution in [2.24, 2.45) is 10.8 Å². The van der Waals surface area contributed by atoms with E-state index in [0.29, 0.717) is 19.2 Å². The van der Waals surface area contributed by atoms with Crippen LogP contribution in [0, 0.1) is 10.8 Å². The van der Waals surface area contributed by atoms with Crippen molar-refractivity contribution < 1.29 is 20.6 Å². The third-order valence-electron chi connectivity index (χ3n) is 10.9. The predicted octanol–water partition coefficient (Wildman–Crippen LogP) is 13.5. The summed E-state index contributed by atoms with van der Waals surface area (Å²) in [5.74, 6) is -0.0577. The van der Waals surface area contributed by atoms with E-state index < -0.39 is 26.6 Å². The molecule has 4 aromatic rings. The molecule has 0 bridgehead atoms. The van der Waals surface area contributed by atoms with Gasteiger partial charge in [0.2, 0.25) is 0 Å². The van der Waals surface area contributed by atoms with Crippen molar-refractivity contribution in [1.82, 2.24) is 0 Å². The van der Waals surface area contributed by atoms with Gasteiger partial charge in [-0.25, -0.2) is 0 Å². The minimum atomic E-state index is -2.58. The summed E-state index contributed by atoms with van der Waals surface area (Å²) in [5.41, 5.74) is 18.6. The van der Waals surface area contributed by atoms with Gasteiger partial charge in [-0.3, -0.25) is 0 Å². The molecule has 0 nitrogen and oxygen atoms in total. The van der Waals surface area contributed by atoms with E-state index in [1.54, 1.807) is 22.3 Å². The Morgan fingerprint density at radius 2 is 0.854 bits per heavy atom. The van der Waals surface area contributed by atoms with Gasteiger partial charge in [0.05, 0.1) is 0 Å². The molecule has 2 unspecified atom stereocenters. The van der Waals surface area contributed by atoms with Gasteiger partial charge in [-0.2, -0.15) is 0 Å². The first-order valence-corrected chi connectivity index (χ1v) is 31.6. The fraction of sp³-hybridized carbons (Fsp3) is 0.391. The monoisotopic (exact) mass is 817 g/mol. The van der Waals surface area contributed by atoms with Gasteiger partial charge in [0.15, 0.2) is 0 Å². The third kappa shape index (κ3) is 6.30. The zero-order chi connectivity index (χ0) is 34.7. The fourth-order valence-electron chi connectivity index (χ4n) is 8.62. The average Bonchev–Trinajstić information content (AvgIpc) is 3.61. The molecule has 0 saturated carbocycles. The van der Waals surface area contributed by atoms with Crippen LogP contribution in [-0.4, -0.2) is 5.98 Å². The van der Waals surface area contributed by atoms with E-state index in [1.807, 2.05) is 0 Å². The van der Waals surface area contributed by atoms with Gasteiger partial charge in [0, 0.05) is 0 Å². The summed E-state index contributed by atoms with van der Waals surface area (Å²) in [6, 6.07) is 32.9. The zero-order valence-corrected chi connectivity index (χ0v) is 36.4. The number of rotatable bonds is 7. The van der Waals surface area contributed by atoms with Crippen LogP contribution in [-0.2, 0) is 20.6 Å². The van der Waals surface area contributed by atoms with E-state index in [1.165, 1.54) is 44.5 Å². The molecule has 0 amide bonds. The summed E-state index contributed by atoms with van der Waals surface area (Å²) in [7, 11) is 0. The first-order chi connectivity index (χ1) is 22.6. The molecule has 0 aromatic heterocycles. The van der Waals surface area contributed by atoms with E-state index >= 15 is 0 Å². The molecule has 2 aliphatic carbocycles. The second-order valence-electron chi connectivity index (χ2n) is 17.3. The van der Waals surface area contributed by atoms with Crippen molar-refractivity contribution in [3.63, 3.8) is 0 Å². The molecule has 0 radical (unpaired) electrons. The van der Waals surface area contributed by atoms with Crippen molar-refractivity contribution in [3.05, 3.63) is 129 Å². The molecule has 0 saturated heterocycles. The summed E-state index contributed by atoms with van der Waals surface area (Å²) < 4.78 is 1.22. The summed E-state index contributed by atoms with van der Waals surface area (Å²) in [4.78, 5) is 0. The predicted molar refractivity (Wildman–Crippen MR) is 211 cm³/mol. The van der Waals surface area contributed by atoms with E-state index in [0.717, 1.165) is 0 Å². The molecular formula is C46H57HfSi. The van der Waals surface area contributed by atoms with Crippen LogP contribution in [0.4, 0.5) is 0 Å². The van der Waals surface area contributed by atoms with Crippen molar-refractivity contribution in [1.29, 1.82) is 0 Å². The third-order valence-corrected chi connectivity index (χ3v) is 41.4. The quantitative estimate of drug-likeness (QED) is 0.163. The van der Waals surface area contributed by atoms with E-state index in [2.05, 4.69) is 179 Å². The fourth-order valence-corrected chi connectivity index (χ4v) is 42.1. The molecule has 2 aliphatic rings. The first-order valence-electron chi connectivity index (χ1n) is 18.4. The number of benzene rings is 4. The van der Waals surface area contributed by atoms with Gasteiger partial charge in [-0.05, 0) is 0 Å². The van der Waals surface area contributed by atoms with Gasteiger partial charge in [-0.15, -0.1) is 0 Å². The molecule has 4 aromatic carbocycles. The topological polar surface area (TPSA) is 0 Å². The Balaban J connectivity index is 1.59. The minimum absolute atomic E-state index is 0.114. The van der Waals surface area contributed by atoms with Gasteiger partial charge >= 0.3 is 303 Å². The van der Waals surface area contributed by atoms with Gasteiger partial charge in [0.1, 0.15) is 0 Å². The van der Waals surface area contributed by atoms with E-state index in [-0.39, 0.29) is 10.8 Å². The van der Waals surface area contributed by atoms with Gasteiger partial charge < -0.3 is 0 Å². The number of hydrogen-bond donors (Lipinski definition) is 0. The maximum absolute atomic E-state index is 2.72. The van der Waals surface area contributed by atoms with Crippen LogP contribution in [0.15, 0.2) is 96.1 Å². The molecule has 0 spiro atoms. The molecule has 2 heteroatoms. The van der Waals surface area contributed by atoms with Crippen LogP contribution in [0.25, 0.3) is 34.4 Å². The van der Waals surface area contributed by atoms with E-state index in [9.17, 15) is 0 Å². The Morgan fingerprint density at radius 1 is 0.500 bits per heavy atom. The average molecular weight is 817 g/mol. The molecule has 0 fully saturated rings. The summed E-state index contributed by atoms with van der Waals surface area (Å²) in [6.07, 6.45) is 5.36. The van der Waals surface area contributed by atoms with Crippen molar-refractivity contribution in [2.75, 3.05) is 0 Å². The Hall–Kier alpha value is -2.55. The maximum atomic E-state index is 2.72. The molecule has 6 rings (SSSR count). The zero-order valence-electron chi connectivity index (χ0n) is 31.6. The number of hydrogen-bond acceptors (Lipinski definition) is 0. The molecule has 0 N–H and O–H groups in total. The summed E-state index contributed by atoms with van der Waals surface area (Å²) in [5, 5.41) is 0. The summed E-state index contributed by atoms with van der Waals surface area (Å²) >= 11 is -2.58. The molecular weight excluding hydrogens is 759 g/mol.